The van der Waals surface area contributed by atoms with E-state index in [1.165, 1.54) is 13.2 Å². The summed E-state index contributed by atoms with van der Waals surface area (Å²) in [7, 11) is 0. The van der Waals surface area contributed by atoms with Gasteiger partial charge >= 0.3 is 0 Å². The van der Waals surface area contributed by atoms with Crippen molar-refractivity contribution in [3.8, 4) is 0 Å². The molecule has 0 saturated heterocycles. The van der Waals surface area contributed by atoms with Crippen molar-refractivity contribution in [2.24, 2.45) is 0 Å². The first-order valence-corrected chi connectivity index (χ1v) is 4.34. The Bertz CT molecular complexity index is 374. The van der Waals surface area contributed by atoms with E-state index in [9.17, 15) is 9.59 Å². The number of carbonyl (C=O) groups is 2. The van der Waals surface area contributed by atoms with Crippen LogP contribution >= 0.6 is 0 Å². The van der Waals surface area contributed by atoms with Crippen LogP contribution in [0.2, 0.25) is 0 Å². The minimum Gasteiger partial charge on any atom is -0.468 e. The van der Waals surface area contributed by atoms with Crippen LogP contribution in [0.15, 0.2) is 10.7 Å². The monoisotopic (exact) mass is 178 g/mol. The molecular weight excluding hydrogens is 168 g/mol. The van der Waals surface area contributed by atoms with E-state index in [4.69, 9.17) is 4.42 Å². The zero-order valence-electron chi connectivity index (χ0n) is 7.42. The number of carbonyl (C=O) groups excluding carboxylic acids is 2. The molecule has 0 bridgehead atoms. The second-order valence-corrected chi connectivity index (χ2v) is 3.28. The third-order valence-electron chi connectivity index (χ3n) is 2.33. The van der Waals surface area contributed by atoms with Gasteiger partial charge in [-0.2, -0.15) is 0 Å². The fourth-order valence-corrected chi connectivity index (χ4v) is 1.68. The molecule has 1 aromatic heterocycles. The molecule has 0 radical (unpaired) electrons. The summed E-state index contributed by atoms with van der Waals surface area (Å²) in [5, 5.41) is 0. The summed E-state index contributed by atoms with van der Waals surface area (Å²) in [6.07, 6.45) is 3.54. The highest BCUT2D eigenvalue weighted by atomic mass is 16.3. The van der Waals surface area contributed by atoms with Crippen molar-refractivity contribution >= 4 is 11.6 Å². The predicted molar refractivity (Wildman–Crippen MR) is 46.0 cm³/mol. The highest BCUT2D eigenvalue weighted by molar-refractivity contribution is 6.09. The summed E-state index contributed by atoms with van der Waals surface area (Å²) in [5.74, 6) is 0.627. The topological polar surface area (TPSA) is 47.3 Å². The molecule has 1 aromatic rings. The summed E-state index contributed by atoms with van der Waals surface area (Å²) < 4.78 is 5.18. The molecule has 13 heavy (non-hydrogen) atoms. The molecule has 0 spiro atoms. The van der Waals surface area contributed by atoms with E-state index in [0.29, 0.717) is 23.3 Å². The standard InChI is InChI=1S/C10H10O3/c1-6(11)7-5-13-9-4-2-3-8(12)10(7)9/h5H,2-4H2,1H3. The summed E-state index contributed by atoms with van der Waals surface area (Å²) in [6, 6.07) is 0. The van der Waals surface area contributed by atoms with Gasteiger partial charge in [-0.05, 0) is 13.3 Å². The van der Waals surface area contributed by atoms with Gasteiger partial charge in [0.2, 0.25) is 0 Å². The van der Waals surface area contributed by atoms with Crippen molar-refractivity contribution in [2.45, 2.75) is 26.2 Å². The summed E-state index contributed by atoms with van der Waals surface area (Å²) >= 11 is 0. The molecule has 3 heteroatoms. The van der Waals surface area contributed by atoms with Gasteiger partial charge in [0.25, 0.3) is 0 Å². The average Bonchev–Trinajstić information content (AvgIpc) is 2.49. The van der Waals surface area contributed by atoms with Crippen molar-refractivity contribution in [2.75, 3.05) is 0 Å². The molecular formula is C10H10O3. The third kappa shape index (κ3) is 1.20. The largest absolute Gasteiger partial charge is 0.468 e. The van der Waals surface area contributed by atoms with E-state index >= 15 is 0 Å². The van der Waals surface area contributed by atoms with E-state index < -0.39 is 0 Å². The Balaban J connectivity index is 2.56. The van der Waals surface area contributed by atoms with E-state index in [2.05, 4.69) is 0 Å². The molecule has 0 atom stereocenters. The van der Waals surface area contributed by atoms with Gasteiger partial charge in [-0.15, -0.1) is 0 Å². The first-order valence-electron chi connectivity index (χ1n) is 4.34. The molecule has 1 aliphatic rings. The maximum atomic E-state index is 11.5. The Kier molecular flexibility index (Phi) is 1.79. The number of rotatable bonds is 1. The van der Waals surface area contributed by atoms with E-state index in [-0.39, 0.29) is 11.6 Å². The minimum atomic E-state index is -0.0970. The van der Waals surface area contributed by atoms with Gasteiger partial charge in [0, 0.05) is 12.8 Å². The first-order chi connectivity index (χ1) is 6.20. The second-order valence-electron chi connectivity index (χ2n) is 3.28. The molecule has 3 nitrogen and oxygen atoms in total. The maximum absolute atomic E-state index is 11.5. The number of fused-ring (bicyclic) bond motifs is 1. The molecule has 1 aliphatic carbocycles. The summed E-state index contributed by atoms with van der Waals surface area (Å²) in [6.45, 7) is 1.45. The van der Waals surface area contributed by atoms with Gasteiger partial charge in [0.1, 0.15) is 12.0 Å². The Labute approximate surface area is 75.7 Å². The van der Waals surface area contributed by atoms with Crippen LogP contribution in [0.1, 0.15) is 46.2 Å². The normalized spacial score (nSPS) is 15.6. The van der Waals surface area contributed by atoms with E-state index in [1.807, 2.05) is 0 Å². The van der Waals surface area contributed by atoms with Crippen molar-refractivity contribution < 1.29 is 14.0 Å². The second kappa shape index (κ2) is 2.83. The Morgan fingerprint density at radius 1 is 1.46 bits per heavy atom. The number of hydrogen-bond donors (Lipinski definition) is 0. The minimum absolute atomic E-state index is 0.0419. The number of Topliss-reactive ketones (excluding diaryl/α,β-unsaturated/α-hetero) is 2. The van der Waals surface area contributed by atoms with Crippen LogP contribution in [0.25, 0.3) is 0 Å². The van der Waals surface area contributed by atoms with Crippen LogP contribution in [-0.4, -0.2) is 11.6 Å². The first kappa shape index (κ1) is 8.23. The van der Waals surface area contributed by atoms with Gasteiger partial charge < -0.3 is 4.42 Å². The van der Waals surface area contributed by atoms with Crippen LogP contribution in [0, 0.1) is 0 Å². The van der Waals surface area contributed by atoms with Crippen molar-refractivity contribution in [3.05, 3.63) is 23.2 Å². The highest BCUT2D eigenvalue weighted by Crippen LogP contribution is 2.26. The van der Waals surface area contributed by atoms with Crippen LogP contribution in [0.4, 0.5) is 0 Å². The Morgan fingerprint density at radius 3 is 2.92 bits per heavy atom. The van der Waals surface area contributed by atoms with Crippen LogP contribution in [0.5, 0.6) is 0 Å². The third-order valence-corrected chi connectivity index (χ3v) is 2.33. The molecule has 0 aliphatic heterocycles. The fourth-order valence-electron chi connectivity index (χ4n) is 1.68. The van der Waals surface area contributed by atoms with Crippen molar-refractivity contribution in [3.63, 3.8) is 0 Å². The van der Waals surface area contributed by atoms with Gasteiger partial charge in [-0.3, -0.25) is 9.59 Å². The smallest absolute Gasteiger partial charge is 0.167 e. The highest BCUT2D eigenvalue weighted by Gasteiger charge is 2.25. The molecule has 0 N–H and O–H groups in total. The van der Waals surface area contributed by atoms with Crippen LogP contribution in [-0.2, 0) is 6.42 Å². The lowest BCUT2D eigenvalue weighted by atomic mass is 9.93. The molecule has 68 valence electrons. The maximum Gasteiger partial charge on any atom is 0.167 e. The molecule has 1 heterocycles. The predicted octanol–water partition coefficient (Wildman–Crippen LogP) is 2.00. The zero-order chi connectivity index (χ0) is 9.42. The van der Waals surface area contributed by atoms with E-state index in [1.54, 1.807) is 0 Å². The summed E-state index contributed by atoms with van der Waals surface area (Å²) in [4.78, 5) is 22.6. The Morgan fingerprint density at radius 2 is 2.23 bits per heavy atom. The van der Waals surface area contributed by atoms with Crippen LogP contribution < -0.4 is 0 Å². The lowest BCUT2D eigenvalue weighted by Crippen LogP contribution is -2.11. The van der Waals surface area contributed by atoms with Gasteiger partial charge in [0.05, 0.1) is 11.1 Å². The number of furan rings is 1. The van der Waals surface area contributed by atoms with Gasteiger partial charge in [-0.1, -0.05) is 0 Å². The van der Waals surface area contributed by atoms with Gasteiger partial charge in [-0.25, -0.2) is 0 Å². The molecule has 0 aromatic carbocycles. The molecule has 2 rings (SSSR count). The molecule has 0 saturated carbocycles. The van der Waals surface area contributed by atoms with Crippen molar-refractivity contribution in [1.29, 1.82) is 0 Å². The van der Waals surface area contributed by atoms with E-state index in [0.717, 1.165) is 12.8 Å². The summed E-state index contributed by atoms with van der Waals surface area (Å²) in [5.41, 5.74) is 0.971. The van der Waals surface area contributed by atoms with Gasteiger partial charge in [0.15, 0.2) is 11.6 Å². The SMILES string of the molecule is CC(=O)c1coc2c1C(=O)CCC2. The average molecular weight is 178 g/mol. The number of ketones is 2. The fraction of sp³-hybridized carbons (Fsp3) is 0.400. The number of aryl methyl sites for hydroxylation is 1. The quantitative estimate of drug-likeness (QED) is 0.618. The number of hydrogen-bond acceptors (Lipinski definition) is 3. The van der Waals surface area contributed by atoms with Crippen LogP contribution in [0.3, 0.4) is 0 Å². The lowest BCUT2D eigenvalue weighted by Gasteiger charge is -2.08. The Hall–Kier alpha value is -1.38. The zero-order valence-corrected chi connectivity index (χ0v) is 7.42. The molecule has 0 unspecified atom stereocenters. The molecule has 0 fully saturated rings. The lowest BCUT2D eigenvalue weighted by molar-refractivity contribution is 0.0953. The molecule has 0 amide bonds. The van der Waals surface area contributed by atoms with Crippen molar-refractivity contribution in [1.82, 2.24) is 0 Å².